The Balaban J connectivity index is 3.01. The molecular weight excluding hydrogens is 270 g/mol. The summed E-state index contributed by atoms with van der Waals surface area (Å²) >= 11 is 8.80. The minimum absolute atomic E-state index is 0.0162. The minimum Gasteiger partial charge on any atom is -0.294 e. The molecule has 0 N–H and O–H groups in total. The highest BCUT2D eigenvalue weighted by atomic mass is 79.9. The van der Waals surface area contributed by atoms with Crippen LogP contribution in [0.2, 0.25) is 0 Å². The molecule has 4 heteroatoms. The van der Waals surface area contributed by atoms with E-state index in [-0.39, 0.29) is 17.5 Å². The van der Waals surface area contributed by atoms with Crippen molar-refractivity contribution in [3.63, 3.8) is 0 Å². The van der Waals surface area contributed by atoms with Gasteiger partial charge in [0, 0.05) is 23.2 Å². The average Bonchev–Trinajstić information content (AvgIpc) is 2.17. The van der Waals surface area contributed by atoms with Gasteiger partial charge in [0.05, 0.1) is 0 Å². The Morgan fingerprint density at radius 1 is 1.50 bits per heavy atom. The fraction of sp³-hybridized carbons (Fsp3) is 0.300. The zero-order chi connectivity index (χ0) is 10.6. The summed E-state index contributed by atoms with van der Waals surface area (Å²) in [5, 5.41) is 0.602. The molecule has 0 atom stereocenters. The molecule has 0 unspecified atom stereocenters. The van der Waals surface area contributed by atoms with Crippen molar-refractivity contribution in [3.05, 3.63) is 35.1 Å². The fourth-order valence-corrected chi connectivity index (χ4v) is 1.75. The van der Waals surface area contributed by atoms with E-state index >= 15 is 0 Å². The summed E-state index contributed by atoms with van der Waals surface area (Å²) in [4.78, 5) is 11.5. The third-order valence-corrected chi connectivity index (χ3v) is 2.52. The van der Waals surface area contributed by atoms with Gasteiger partial charge in [0.1, 0.15) is 5.82 Å². The Morgan fingerprint density at radius 2 is 2.21 bits per heavy atom. The third-order valence-electron chi connectivity index (χ3n) is 1.83. The van der Waals surface area contributed by atoms with Crippen LogP contribution in [0.25, 0.3) is 0 Å². The maximum Gasteiger partial charge on any atom is 0.164 e. The van der Waals surface area contributed by atoms with Gasteiger partial charge in [0.25, 0.3) is 0 Å². The van der Waals surface area contributed by atoms with Crippen LogP contribution in [0, 0.1) is 5.82 Å². The zero-order valence-electron chi connectivity index (χ0n) is 7.40. The monoisotopic (exact) mass is 278 g/mol. The maximum absolute atomic E-state index is 12.8. The molecule has 14 heavy (non-hydrogen) atoms. The highest BCUT2D eigenvalue weighted by molar-refractivity contribution is 9.09. The van der Waals surface area contributed by atoms with Gasteiger partial charge in [-0.3, -0.25) is 4.79 Å². The van der Waals surface area contributed by atoms with Crippen molar-refractivity contribution in [2.24, 2.45) is 0 Å². The lowest BCUT2D eigenvalue weighted by Crippen LogP contribution is -2.03. The second kappa shape index (κ2) is 5.47. The van der Waals surface area contributed by atoms with E-state index in [0.717, 1.165) is 0 Å². The molecule has 0 spiro atoms. The molecule has 0 saturated heterocycles. The predicted octanol–water partition coefficient (Wildman–Crippen LogP) is 3.53. The minimum atomic E-state index is -0.365. The Bertz CT molecular complexity index is 341. The van der Waals surface area contributed by atoms with E-state index in [0.29, 0.717) is 22.9 Å². The average molecular weight is 280 g/mol. The number of carbonyl (C=O) groups excluding carboxylic acids is 1. The van der Waals surface area contributed by atoms with Crippen molar-refractivity contribution in [1.29, 1.82) is 0 Å². The van der Waals surface area contributed by atoms with E-state index in [9.17, 15) is 9.18 Å². The number of rotatable bonds is 4. The van der Waals surface area contributed by atoms with Gasteiger partial charge in [0.15, 0.2) is 5.78 Å². The first-order valence-electron chi connectivity index (χ1n) is 4.12. The van der Waals surface area contributed by atoms with Crippen LogP contribution in [0.15, 0.2) is 18.2 Å². The van der Waals surface area contributed by atoms with Gasteiger partial charge in [-0.2, -0.15) is 0 Å². The molecule has 1 nitrogen and oxygen atoms in total. The molecule has 1 rings (SSSR count). The highest BCUT2D eigenvalue weighted by Gasteiger charge is 2.10. The summed E-state index contributed by atoms with van der Waals surface area (Å²) in [7, 11) is 0. The number of Topliss-reactive ketones (excluding diaryl/α,β-unsaturated/α-hetero) is 1. The summed E-state index contributed by atoms with van der Waals surface area (Å²) in [6, 6.07) is 4.06. The molecule has 76 valence electrons. The van der Waals surface area contributed by atoms with Gasteiger partial charge in [-0.15, -0.1) is 11.6 Å². The summed E-state index contributed by atoms with van der Waals surface area (Å²) in [6.45, 7) is 0. The molecule has 0 aromatic heterocycles. The van der Waals surface area contributed by atoms with Gasteiger partial charge in [-0.25, -0.2) is 4.39 Å². The van der Waals surface area contributed by atoms with Crippen LogP contribution >= 0.6 is 27.5 Å². The number of carbonyl (C=O) groups is 1. The molecule has 1 aromatic rings. The second-order valence-electron chi connectivity index (χ2n) is 2.80. The molecule has 0 heterocycles. The first kappa shape index (κ1) is 11.7. The molecule has 0 aliphatic rings. The summed E-state index contributed by atoms with van der Waals surface area (Å²) in [5.41, 5.74) is 1.07. The van der Waals surface area contributed by atoms with Crippen LogP contribution < -0.4 is 0 Å². The normalized spacial score (nSPS) is 10.2. The molecule has 0 radical (unpaired) electrons. The van der Waals surface area contributed by atoms with Gasteiger partial charge in [-0.1, -0.05) is 15.9 Å². The topological polar surface area (TPSA) is 17.1 Å². The third kappa shape index (κ3) is 2.79. The van der Waals surface area contributed by atoms with Crippen molar-refractivity contribution < 1.29 is 9.18 Å². The van der Waals surface area contributed by atoms with Crippen LogP contribution in [0.1, 0.15) is 22.3 Å². The maximum atomic E-state index is 12.8. The molecule has 1 aromatic carbocycles. The van der Waals surface area contributed by atoms with E-state index in [2.05, 4.69) is 15.9 Å². The summed E-state index contributed by atoms with van der Waals surface area (Å²) in [5.74, 6) is -0.227. The van der Waals surface area contributed by atoms with Crippen molar-refractivity contribution in [2.75, 3.05) is 5.33 Å². The van der Waals surface area contributed by atoms with Crippen LogP contribution in [0.3, 0.4) is 0 Å². The zero-order valence-corrected chi connectivity index (χ0v) is 9.74. The summed E-state index contributed by atoms with van der Waals surface area (Å²) in [6.07, 6.45) is 0.398. The second-order valence-corrected chi connectivity index (χ2v) is 3.86. The van der Waals surface area contributed by atoms with Crippen molar-refractivity contribution >= 4 is 33.3 Å². The first-order chi connectivity index (χ1) is 6.69. The van der Waals surface area contributed by atoms with Crippen LogP contribution in [0.5, 0.6) is 0 Å². The lowest BCUT2D eigenvalue weighted by atomic mass is 10.0. The Hall–Kier alpha value is -0.410. The van der Waals surface area contributed by atoms with Crippen LogP contribution in [-0.4, -0.2) is 11.1 Å². The smallest absolute Gasteiger partial charge is 0.164 e. The molecule has 0 aliphatic carbocycles. The standard InChI is InChI=1S/C10H9BrClFO/c11-4-3-10(14)9-2-1-8(13)5-7(9)6-12/h1-2,5H,3-4,6H2. The lowest BCUT2D eigenvalue weighted by molar-refractivity contribution is 0.0989. The van der Waals surface area contributed by atoms with E-state index in [4.69, 9.17) is 11.6 Å². The fourth-order valence-electron chi connectivity index (χ4n) is 1.17. The largest absolute Gasteiger partial charge is 0.294 e. The van der Waals surface area contributed by atoms with Gasteiger partial charge < -0.3 is 0 Å². The van der Waals surface area contributed by atoms with Crippen molar-refractivity contribution in [1.82, 2.24) is 0 Å². The van der Waals surface area contributed by atoms with Gasteiger partial charge >= 0.3 is 0 Å². The number of benzene rings is 1. The number of hydrogen-bond acceptors (Lipinski definition) is 1. The SMILES string of the molecule is O=C(CCBr)c1ccc(F)cc1CCl. The number of hydrogen-bond donors (Lipinski definition) is 0. The number of ketones is 1. The van der Waals surface area contributed by atoms with E-state index in [1.54, 1.807) is 0 Å². The van der Waals surface area contributed by atoms with Crippen LogP contribution in [0.4, 0.5) is 4.39 Å². The Morgan fingerprint density at radius 3 is 2.79 bits per heavy atom. The van der Waals surface area contributed by atoms with Crippen LogP contribution in [-0.2, 0) is 5.88 Å². The number of halogens is 3. The molecule has 0 aliphatic heterocycles. The summed E-state index contributed by atoms with van der Waals surface area (Å²) < 4.78 is 12.8. The van der Waals surface area contributed by atoms with Gasteiger partial charge in [0.2, 0.25) is 0 Å². The predicted molar refractivity (Wildman–Crippen MR) is 58.7 cm³/mol. The van der Waals surface area contributed by atoms with E-state index in [1.807, 2.05) is 0 Å². The van der Waals surface area contributed by atoms with Crippen molar-refractivity contribution in [3.8, 4) is 0 Å². The molecule has 0 bridgehead atoms. The number of alkyl halides is 2. The first-order valence-corrected chi connectivity index (χ1v) is 5.78. The van der Waals surface area contributed by atoms with E-state index < -0.39 is 0 Å². The molecular formula is C10H9BrClFO. The molecule has 0 fully saturated rings. The Kier molecular flexibility index (Phi) is 4.55. The quantitative estimate of drug-likeness (QED) is 0.609. The highest BCUT2D eigenvalue weighted by Crippen LogP contribution is 2.16. The molecule has 0 amide bonds. The molecule has 0 saturated carbocycles. The van der Waals surface area contributed by atoms with Gasteiger partial charge in [-0.05, 0) is 23.8 Å². The Labute approximate surface area is 95.4 Å². The van der Waals surface area contributed by atoms with Crippen molar-refractivity contribution in [2.45, 2.75) is 12.3 Å². The van der Waals surface area contributed by atoms with E-state index in [1.165, 1.54) is 18.2 Å². The lowest BCUT2D eigenvalue weighted by Gasteiger charge is -2.04.